The molecule has 0 fully saturated rings. The summed E-state index contributed by atoms with van der Waals surface area (Å²) in [6.07, 6.45) is 0. The molecule has 0 unspecified atom stereocenters. The van der Waals surface area contributed by atoms with Gasteiger partial charge < -0.3 is 18.6 Å². The Morgan fingerprint density at radius 2 is 1.78 bits per heavy atom. The first-order chi connectivity index (χ1) is 13.2. The highest BCUT2D eigenvalue weighted by molar-refractivity contribution is 5.89. The highest BCUT2D eigenvalue weighted by Crippen LogP contribution is 2.26. The predicted octanol–water partition coefficient (Wildman–Crippen LogP) is 3.16. The van der Waals surface area contributed by atoms with Crippen LogP contribution in [-0.4, -0.2) is 36.4 Å². The summed E-state index contributed by atoms with van der Waals surface area (Å²) in [6, 6.07) is 14.3. The van der Waals surface area contributed by atoms with E-state index < -0.39 is 5.91 Å². The summed E-state index contributed by atoms with van der Waals surface area (Å²) in [5, 5.41) is 10.2. The second-order valence-corrected chi connectivity index (χ2v) is 5.36. The van der Waals surface area contributed by atoms with Crippen molar-refractivity contribution >= 4 is 11.9 Å². The number of nitrogens with zero attached hydrogens (tertiary/aromatic N) is 2. The Morgan fingerprint density at radius 1 is 1.04 bits per heavy atom. The van der Waals surface area contributed by atoms with Crippen molar-refractivity contribution in [1.82, 2.24) is 10.2 Å². The monoisotopic (exact) mass is 369 g/mol. The fraction of sp³-hybridized carbons (Fsp3) is 0.211. The summed E-state index contributed by atoms with van der Waals surface area (Å²) in [7, 11) is 1.53. The lowest BCUT2D eigenvalue weighted by Gasteiger charge is -2.09. The molecular weight excluding hydrogens is 350 g/mol. The summed E-state index contributed by atoms with van der Waals surface area (Å²) in [5.41, 5.74) is 0.719. The van der Waals surface area contributed by atoms with E-state index >= 15 is 0 Å². The van der Waals surface area contributed by atoms with Gasteiger partial charge in [-0.25, -0.2) is 0 Å². The molecule has 140 valence electrons. The van der Waals surface area contributed by atoms with Crippen LogP contribution >= 0.6 is 0 Å². The standard InChI is InChI=1S/C19H19N3O5/c1-3-25-14-10-8-13(9-11-14)18-21-22-19(27-18)20-17(23)12-26-16-7-5-4-6-15(16)24-2/h4-11H,3,12H2,1-2H3,(H,20,22,23). The number of ether oxygens (including phenoxy) is 3. The van der Waals surface area contributed by atoms with E-state index in [9.17, 15) is 4.79 Å². The number of hydrogen-bond donors (Lipinski definition) is 1. The van der Waals surface area contributed by atoms with Gasteiger partial charge in [0.1, 0.15) is 5.75 Å². The van der Waals surface area contributed by atoms with Gasteiger partial charge in [-0.05, 0) is 43.3 Å². The maximum absolute atomic E-state index is 12.0. The van der Waals surface area contributed by atoms with Crippen molar-refractivity contribution < 1.29 is 23.4 Å². The van der Waals surface area contributed by atoms with Crippen LogP contribution in [0.3, 0.4) is 0 Å². The zero-order valence-corrected chi connectivity index (χ0v) is 15.0. The fourth-order valence-corrected chi connectivity index (χ4v) is 2.29. The van der Waals surface area contributed by atoms with E-state index in [1.54, 1.807) is 30.3 Å². The Kier molecular flexibility index (Phi) is 5.88. The van der Waals surface area contributed by atoms with E-state index in [0.717, 1.165) is 11.3 Å². The average molecular weight is 369 g/mol. The van der Waals surface area contributed by atoms with Crippen LogP contribution in [-0.2, 0) is 4.79 Å². The predicted molar refractivity (Wildman–Crippen MR) is 98.0 cm³/mol. The van der Waals surface area contributed by atoms with Crippen LogP contribution in [0.4, 0.5) is 6.01 Å². The number of carbonyl (C=O) groups excluding carboxylic acids is 1. The summed E-state index contributed by atoms with van der Waals surface area (Å²) >= 11 is 0. The molecule has 2 aromatic carbocycles. The molecular formula is C19H19N3O5. The largest absolute Gasteiger partial charge is 0.494 e. The van der Waals surface area contributed by atoms with E-state index in [-0.39, 0.29) is 12.6 Å². The maximum Gasteiger partial charge on any atom is 0.322 e. The van der Waals surface area contributed by atoms with Crippen molar-refractivity contribution in [3.63, 3.8) is 0 Å². The second-order valence-electron chi connectivity index (χ2n) is 5.36. The molecule has 3 aromatic rings. The van der Waals surface area contributed by atoms with Gasteiger partial charge in [-0.1, -0.05) is 17.2 Å². The topological polar surface area (TPSA) is 95.7 Å². The molecule has 0 saturated carbocycles. The molecule has 1 heterocycles. The summed E-state index contributed by atoms with van der Waals surface area (Å²) in [6.45, 7) is 2.28. The van der Waals surface area contributed by atoms with Crippen molar-refractivity contribution in [3.8, 4) is 28.7 Å². The molecule has 8 nitrogen and oxygen atoms in total. The van der Waals surface area contributed by atoms with Gasteiger partial charge in [-0.15, -0.1) is 5.10 Å². The minimum Gasteiger partial charge on any atom is -0.494 e. The van der Waals surface area contributed by atoms with Crippen LogP contribution in [0.5, 0.6) is 17.2 Å². The van der Waals surface area contributed by atoms with Crippen LogP contribution in [0.25, 0.3) is 11.5 Å². The lowest BCUT2D eigenvalue weighted by Crippen LogP contribution is -2.20. The lowest BCUT2D eigenvalue weighted by atomic mass is 10.2. The molecule has 0 aliphatic rings. The second kappa shape index (κ2) is 8.70. The van der Waals surface area contributed by atoms with Crippen LogP contribution in [0.1, 0.15) is 6.92 Å². The van der Waals surface area contributed by atoms with Gasteiger partial charge in [0.2, 0.25) is 5.89 Å². The number of hydrogen-bond acceptors (Lipinski definition) is 7. The number of anilines is 1. The minimum absolute atomic E-state index is 0.00693. The Morgan fingerprint density at radius 3 is 2.48 bits per heavy atom. The first-order valence-corrected chi connectivity index (χ1v) is 8.32. The van der Waals surface area contributed by atoms with Gasteiger partial charge in [0.15, 0.2) is 18.1 Å². The van der Waals surface area contributed by atoms with Crippen LogP contribution < -0.4 is 19.5 Å². The van der Waals surface area contributed by atoms with E-state index in [2.05, 4.69) is 15.5 Å². The van der Waals surface area contributed by atoms with Crippen molar-refractivity contribution in [2.45, 2.75) is 6.92 Å². The molecule has 0 spiro atoms. The SMILES string of the molecule is CCOc1ccc(-c2nnc(NC(=O)COc3ccccc3OC)o2)cc1. The van der Waals surface area contributed by atoms with E-state index in [1.807, 2.05) is 25.1 Å². The summed E-state index contributed by atoms with van der Waals surface area (Å²) in [5.74, 6) is 1.63. The maximum atomic E-state index is 12.0. The molecule has 0 saturated heterocycles. The van der Waals surface area contributed by atoms with E-state index in [0.29, 0.717) is 24.0 Å². The van der Waals surface area contributed by atoms with Gasteiger partial charge in [0.25, 0.3) is 5.91 Å². The highest BCUT2D eigenvalue weighted by Gasteiger charge is 2.13. The average Bonchev–Trinajstić information content (AvgIpc) is 3.16. The fourth-order valence-electron chi connectivity index (χ4n) is 2.29. The number of amides is 1. The van der Waals surface area contributed by atoms with Gasteiger partial charge in [-0.3, -0.25) is 10.1 Å². The Bertz CT molecular complexity index is 892. The number of aromatic nitrogens is 2. The lowest BCUT2D eigenvalue weighted by molar-refractivity contribution is -0.118. The van der Waals surface area contributed by atoms with E-state index in [4.69, 9.17) is 18.6 Å². The molecule has 0 radical (unpaired) electrons. The van der Waals surface area contributed by atoms with Gasteiger partial charge in [-0.2, -0.15) is 0 Å². The van der Waals surface area contributed by atoms with Gasteiger partial charge in [0, 0.05) is 5.56 Å². The van der Waals surface area contributed by atoms with Crippen molar-refractivity contribution in [2.75, 3.05) is 25.6 Å². The van der Waals surface area contributed by atoms with E-state index in [1.165, 1.54) is 7.11 Å². The number of nitrogens with one attached hydrogen (secondary N) is 1. The molecule has 0 aliphatic carbocycles. The van der Waals surface area contributed by atoms with Crippen LogP contribution in [0, 0.1) is 0 Å². The van der Waals surface area contributed by atoms with Crippen molar-refractivity contribution in [3.05, 3.63) is 48.5 Å². The molecule has 3 rings (SSSR count). The van der Waals surface area contributed by atoms with Crippen LogP contribution in [0.15, 0.2) is 52.9 Å². The molecule has 0 atom stereocenters. The van der Waals surface area contributed by atoms with Gasteiger partial charge in [0.05, 0.1) is 13.7 Å². The number of carbonyl (C=O) groups is 1. The smallest absolute Gasteiger partial charge is 0.322 e. The third-order valence-electron chi connectivity index (χ3n) is 3.51. The quantitative estimate of drug-likeness (QED) is 0.651. The Labute approximate surface area is 156 Å². The third-order valence-corrected chi connectivity index (χ3v) is 3.51. The van der Waals surface area contributed by atoms with Crippen LogP contribution in [0.2, 0.25) is 0 Å². The number of rotatable bonds is 8. The Hall–Kier alpha value is -3.55. The number of benzene rings is 2. The molecule has 1 aromatic heterocycles. The van der Waals surface area contributed by atoms with Gasteiger partial charge >= 0.3 is 6.01 Å². The molecule has 27 heavy (non-hydrogen) atoms. The zero-order chi connectivity index (χ0) is 19.1. The minimum atomic E-state index is -0.428. The first-order valence-electron chi connectivity index (χ1n) is 8.32. The number of methoxy groups -OCH3 is 1. The summed E-state index contributed by atoms with van der Waals surface area (Å²) in [4.78, 5) is 12.0. The highest BCUT2D eigenvalue weighted by atomic mass is 16.5. The number of para-hydroxylation sites is 2. The zero-order valence-electron chi connectivity index (χ0n) is 15.0. The Balaban J connectivity index is 1.57. The molecule has 1 N–H and O–H groups in total. The molecule has 8 heteroatoms. The molecule has 1 amide bonds. The third kappa shape index (κ3) is 4.75. The molecule has 0 aliphatic heterocycles. The van der Waals surface area contributed by atoms with Crippen molar-refractivity contribution in [2.24, 2.45) is 0 Å². The normalized spacial score (nSPS) is 10.3. The first kappa shape index (κ1) is 18.2. The molecule has 0 bridgehead atoms. The van der Waals surface area contributed by atoms with Crippen molar-refractivity contribution in [1.29, 1.82) is 0 Å². The summed E-state index contributed by atoms with van der Waals surface area (Å²) < 4.78 is 21.5.